The van der Waals surface area contributed by atoms with Gasteiger partial charge in [-0.25, -0.2) is 0 Å². The van der Waals surface area contributed by atoms with Crippen molar-refractivity contribution in [3.05, 3.63) is 24.8 Å². The second-order valence-electron chi connectivity index (χ2n) is 3.81. The van der Waals surface area contributed by atoms with Crippen molar-refractivity contribution in [2.24, 2.45) is 5.41 Å². The van der Waals surface area contributed by atoms with Crippen molar-refractivity contribution in [3.63, 3.8) is 0 Å². The van der Waals surface area contributed by atoms with Crippen LogP contribution in [0.5, 0.6) is 0 Å². The number of ether oxygens (including phenoxy) is 1. The van der Waals surface area contributed by atoms with Gasteiger partial charge in [0, 0.05) is 0 Å². The molecule has 0 aliphatic heterocycles. The van der Waals surface area contributed by atoms with Crippen LogP contribution in [0.15, 0.2) is 24.8 Å². The van der Waals surface area contributed by atoms with Crippen LogP contribution in [0.2, 0.25) is 0 Å². The number of hydrogen-bond acceptors (Lipinski definition) is 3. The number of carbonyl (C=O) groups excluding carboxylic acids is 2. The monoisotopic (exact) mass is 208 g/mol. The van der Waals surface area contributed by atoms with E-state index in [1.807, 2.05) is 0 Å². The summed E-state index contributed by atoms with van der Waals surface area (Å²) in [6, 6.07) is 0. The molecular weight excluding hydrogens is 192 g/mol. The van der Waals surface area contributed by atoms with Crippen LogP contribution in [0.25, 0.3) is 0 Å². The van der Waals surface area contributed by atoms with Crippen LogP contribution >= 0.6 is 0 Å². The Bertz CT molecular complexity index is 317. The smallest absolute Gasteiger partial charge is 0.324 e. The summed E-state index contributed by atoms with van der Waals surface area (Å²) < 4.78 is 4.97. The molecule has 0 heterocycles. The first-order chi connectivity index (χ1) is 7.05. The zero-order valence-corrected chi connectivity index (χ0v) is 9.04. The highest BCUT2D eigenvalue weighted by molar-refractivity contribution is 6.06. The molecule has 15 heavy (non-hydrogen) atoms. The Morgan fingerprint density at radius 2 is 2.27 bits per heavy atom. The summed E-state index contributed by atoms with van der Waals surface area (Å²) in [5.74, 6) is -0.642. The van der Waals surface area contributed by atoms with E-state index in [1.165, 1.54) is 13.0 Å². The Kier molecular flexibility index (Phi) is 3.45. The van der Waals surface area contributed by atoms with Crippen LogP contribution < -0.4 is 0 Å². The molecule has 0 bridgehead atoms. The molecule has 3 heteroatoms. The highest BCUT2D eigenvalue weighted by Gasteiger charge is 2.49. The van der Waals surface area contributed by atoms with Crippen LogP contribution in [0.1, 0.15) is 26.2 Å². The molecule has 82 valence electrons. The minimum Gasteiger partial charge on any atom is -0.460 e. The molecule has 1 atom stereocenters. The van der Waals surface area contributed by atoms with Gasteiger partial charge in [0.25, 0.3) is 0 Å². The van der Waals surface area contributed by atoms with Crippen molar-refractivity contribution in [2.45, 2.75) is 26.2 Å². The van der Waals surface area contributed by atoms with Gasteiger partial charge in [0.15, 0.2) is 5.78 Å². The molecule has 3 nitrogen and oxygen atoms in total. The van der Waals surface area contributed by atoms with Crippen molar-refractivity contribution >= 4 is 11.8 Å². The fourth-order valence-electron chi connectivity index (χ4n) is 2.03. The maximum Gasteiger partial charge on any atom is 0.324 e. The topological polar surface area (TPSA) is 43.4 Å². The number of esters is 1. The first-order valence-corrected chi connectivity index (χ1v) is 5.03. The van der Waals surface area contributed by atoms with E-state index in [2.05, 4.69) is 13.2 Å². The third-order valence-corrected chi connectivity index (χ3v) is 2.92. The summed E-state index contributed by atoms with van der Waals surface area (Å²) in [7, 11) is 0. The van der Waals surface area contributed by atoms with Gasteiger partial charge in [0.05, 0.1) is 0 Å². The SMILES string of the molecule is C=CCOC(=O)[C@]1(C(C)=O)CCCC1=C. The molecule has 0 radical (unpaired) electrons. The normalized spacial score (nSPS) is 25.0. The minimum absolute atomic E-state index is 0.140. The molecule has 1 fully saturated rings. The van der Waals surface area contributed by atoms with Crippen LogP contribution in [0.4, 0.5) is 0 Å². The third-order valence-electron chi connectivity index (χ3n) is 2.92. The van der Waals surface area contributed by atoms with Gasteiger partial charge in [-0.3, -0.25) is 9.59 Å². The highest BCUT2D eigenvalue weighted by atomic mass is 16.5. The van der Waals surface area contributed by atoms with Crippen LogP contribution in [-0.4, -0.2) is 18.4 Å². The predicted octanol–water partition coefficient (Wildman–Crippen LogP) is 2.03. The van der Waals surface area contributed by atoms with Gasteiger partial charge < -0.3 is 4.74 Å². The van der Waals surface area contributed by atoms with Crippen LogP contribution in [0.3, 0.4) is 0 Å². The molecule has 0 aromatic carbocycles. The van der Waals surface area contributed by atoms with Gasteiger partial charge in [-0.1, -0.05) is 24.8 Å². The van der Waals surface area contributed by atoms with Gasteiger partial charge in [-0.05, 0) is 26.2 Å². The zero-order valence-electron chi connectivity index (χ0n) is 9.04. The fraction of sp³-hybridized carbons (Fsp3) is 0.500. The molecular formula is C12H16O3. The second kappa shape index (κ2) is 4.43. The third kappa shape index (κ3) is 1.87. The molecule has 0 spiro atoms. The van der Waals surface area contributed by atoms with Gasteiger partial charge in [-0.15, -0.1) is 0 Å². The van der Waals surface area contributed by atoms with E-state index in [1.54, 1.807) is 0 Å². The lowest BCUT2D eigenvalue weighted by Gasteiger charge is -2.24. The average molecular weight is 208 g/mol. The molecule has 1 rings (SSSR count). The fourth-order valence-corrected chi connectivity index (χ4v) is 2.03. The number of Topliss-reactive ketones (excluding diaryl/α,β-unsaturated/α-hetero) is 1. The van der Waals surface area contributed by atoms with E-state index in [9.17, 15) is 9.59 Å². The van der Waals surface area contributed by atoms with Crippen molar-refractivity contribution in [1.82, 2.24) is 0 Å². The Labute approximate surface area is 89.8 Å². The molecule has 0 amide bonds. The highest BCUT2D eigenvalue weighted by Crippen LogP contribution is 2.43. The van der Waals surface area contributed by atoms with Gasteiger partial charge in [-0.2, -0.15) is 0 Å². The molecule has 0 aromatic rings. The number of hydrogen-bond donors (Lipinski definition) is 0. The molecule has 0 saturated heterocycles. The van der Waals surface area contributed by atoms with E-state index in [0.717, 1.165) is 12.8 Å². The maximum atomic E-state index is 11.8. The summed E-state index contributed by atoms with van der Waals surface area (Å²) in [5.41, 5.74) is -0.396. The van der Waals surface area contributed by atoms with Crippen molar-refractivity contribution in [2.75, 3.05) is 6.61 Å². The second-order valence-corrected chi connectivity index (χ2v) is 3.81. The van der Waals surface area contributed by atoms with Gasteiger partial charge in [0.1, 0.15) is 12.0 Å². The number of ketones is 1. The van der Waals surface area contributed by atoms with Gasteiger partial charge >= 0.3 is 5.97 Å². The van der Waals surface area contributed by atoms with E-state index in [4.69, 9.17) is 4.74 Å². The minimum atomic E-state index is -1.08. The Balaban J connectivity index is 2.91. The average Bonchev–Trinajstić information content (AvgIpc) is 2.57. The Hall–Kier alpha value is -1.38. The summed E-state index contributed by atoms with van der Waals surface area (Å²) >= 11 is 0. The summed E-state index contributed by atoms with van der Waals surface area (Å²) in [6.45, 7) is 8.83. The van der Waals surface area contributed by atoms with Crippen molar-refractivity contribution in [3.8, 4) is 0 Å². The first-order valence-electron chi connectivity index (χ1n) is 5.03. The molecule has 1 aliphatic carbocycles. The van der Waals surface area contributed by atoms with E-state index >= 15 is 0 Å². The quantitative estimate of drug-likeness (QED) is 0.403. The Morgan fingerprint density at radius 3 is 2.67 bits per heavy atom. The van der Waals surface area contributed by atoms with E-state index < -0.39 is 11.4 Å². The largest absolute Gasteiger partial charge is 0.460 e. The first kappa shape index (κ1) is 11.7. The summed E-state index contributed by atoms with van der Waals surface area (Å²) in [6.07, 6.45) is 3.56. The molecule has 0 unspecified atom stereocenters. The van der Waals surface area contributed by atoms with Crippen LogP contribution in [0, 0.1) is 5.41 Å². The molecule has 0 aromatic heterocycles. The summed E-state index contributed by atoms with van der Waals surface area (Å²) in [4.78, 5) is 23.4. The van der Waals surface area contributed by atoms with Gasteiger partial charge in [0.2, 0.25) is 0 Å². The predicted molar refractivity (Wildman–Crippen MR) is 57.3 cm³/mol. The van der Waals surface area contributed by atoms with E-state index in [0.29, 0.717) is 12.0 Å². The lowest BCUT2D eigenvalue weighted by atomic mass is 9.79. The van der Waals surface area contributed by atoms with Crippen molar-refractivity contribution < 1.29 is 14.3 Å². The summed E-state index contributed by atoms with van der Waals surface area (Å²) in [5, 5.41) is 0. The lowest BCUT2D eigenvalue weighted by molar-refractivity contribution is -0.155. The van der Waals surface area contributed by atoms with Crippen molar-refractivity contribution in [1.29, 1.82) is 0 Å². The maximum absolute atomic E-state index is 11.8. The number of rotatable bonds is 4. The lowest BCUT2D eigenvalue weighted by Crippen LogP contribution is -2.38. The van der Waals surface area contributed by atoms with Crippen LogP contribution in [-0.2, 0) is 14.3 Å². The molecule has 1 aliphatic rings. The molecule has 1 saturated carbocycles. The van der Waals surface area contributed by atoms with E-state index in [-0.39, 0.29) is 12.4 Å². The Morgan fingerprint density at radius 1 is 1.60 bits per heavy atom. The number of carbonyl (C=O) groups is 2. The molecule has 0 N–H and O–H groups in total. The standard InChI is InChI=1S/C12H16O3/c1-4-8-15-11(14)12(10(3)13)7-5-6-9(12)2/h4H,1-2,5-8H2,3H3/t12-/m1/s1. The zero-order chi connectivity index (χ0) is 11.5.